The van der Waals surface area contributed by atoms with Gasteiger partial charge >= 0.3 is 0 Å². The van der Waals surface area contributed by atoms with E-state index in [2.05, 4.69) is 6.07 Å². The van der Waals surface area contributed by atoms with Gasteiger partial charge in [0.2, 0.25) is 0 Å². The van der Waals surface area contributed by atoms with Crippen molar-refractivity contribution < 1.29 is 9.47 Å². The molecule has 1 atom stereocenters. The summed E-state index contributed by atoms with van der Waals surface area (Å²) in [4.78, 5) is 0. The fourth-order valence-electron chi connectivity index (χ4n) is 2.19. The van der Waals surface area contributed by atoms with E-state index in [-0.39, 0.29) is 6.10 Å². The highest BCUT2D eigenvalue weighted by atomic mass is 16.5. The second-order valence-corrected chi connectivity index (χ2v) is 4.85. The van der Waals surface area contributed by atoms with Crippen LogP contribution in [0.5, 0.6) is 11.5 Å². The minimum absolute atomic E-state index is 0.217. The Bertz CT molecular complexity index is 581. The van der Waals surface area contributed by atoms with Gasteiger partial charge in [-0.05, 0) is 37.6 Å². The van der Waals surface area contributed by atoms with E-state index in [0.717, 1.165) is 28.2 Å². The number of benzene rings is 2. The topological polar surface area (TPSA) is 44.5 Å². The van der Waals surface area contributed by atoms with Crippen molar-refractivity contribution in [1.29, 1.82) is 0 Å². The van der Waals surface area contributed by atoms with Crippen LogP contribution in [0.3, 0.4) is 0 Å². The number of para-hydroxylation sites is 1. The Morgan fingerprint density at radius 3 is 2.45 bits per heavy atom. The van der Waals surface area contributed by atoms with Crippen molar-refractivity contribution in [3.05, 3.63) is 59.2 Å². The SMILES string of the molecule is COc1ccc(C)cc1C(CN)Oc1ccccc1C. The van der Waals surface area contributed by atoms with E-state index in [1.807, 2.05) is 50.2 Å². The van der Waals surface area contributed by atoms with Gasteiger partial charge in [-0.1, -0.05) is 29.8 Å². The largest absolute Gasteiger partial charge is 0.496 e. The molecule has 20 heavy (non-hydrogen) atoms. The molecular formula is C17H21NO2. The van der Waals surface area contributed by atoms with E-state index in [1.54, 1.807) is 7.11 Å². The molecule has 3 heteroatoms. The molecule has 0 radical (unpaired) electrons. The molecule has 0 bridgehead atoms. The number of methoxy groups -OCH3 is 1. The summed E-state index contributed by atoms with van der Waals surface area (Å²) >= 11 is 0. The van der Waals surface area contributed by atoms with Gasteiger partial charge < -0.3 is 15.2 Å². The summed E-state index contributed by atoms with van der Waals surface area (Å²) in [6, 6.07) is 14.0. The first kappa shape index (κ1) is 14.4. The van der Waals surface area contributed by atoms with Crippen molar-refractivity contribution in [3.8, 4) is 11.5 Å². The highest BCUT2D eigenvalue weighted by Gasteiger charge is 2.17. The molecule has 2 aromatic rings. The van der Waals surface area contributed by atoms with Gasteiger partial charge in [-0.2, -0.15) is 0 Å². The van der Waals surface area contributed by atoms with Gasteiger partial charge in [-0.15, -0.1) is 0 Å². The third-order valence-corrected chi connectivity index (χ3v) is 3.31. The molecule has 2 aromatic carbocycles. The molecule has 106 valence electrons. The van der Waals surface area contributed by atoms with Crippen LogP contribution in [0.1, 0.15) is 22.8 Å². The zero-order chi connectivity index (χ0) is 14.5. The molecule has 2 rings (SSSR count). The smallest absolute Gasteiger partial charge is 0.139 e. The van der Waals surface area contributed by atoms with Crippen molar-refractivity contribution >= 4 is 0 Å². The Balaban J connectivity index is 2.33. The normalized spacial score (nSPS) is 12.0. The van der Waals surface area contributed by atoms with Gasteiger partial charge in [-0.25, -0.2) is 0 Å². The summed E-state index contributed by atoms with van der Waals surface area (Å²) in [7, 11) is 1.66. The number of hydrogen-bond donors (Lipinski definition) is 1. The molecule has 2 N–H and O–H groups in total. The molecule has 1 unspecified atom stereocenters. The predicted molar refractivity (Wildman–Crippen MR) is 81.3 cm³/mol. The molecule has 0 aliphatic rings. The maximum atomic E-state index is 6.07. The summed E-state index contributed by atoms with van der Waals surface area (Å²) in [5, 5.41) is 0. The molecule has 0 spiro atoms. The van der Waals surface area contributed by atoms with Gasteiger partial charge in [0.15, 0.2) is 0 Å². The van der Waals surface area contributed by atoms with Crippen LogP contribution in [-0.2, 0) is 0 Å². The van der Waals surface area contributed by atoms with Crippen LogP contribution in [-0.4, -0.2) is 13.7 Å². The van der Waals surface area contributed by atoms with Gasteiger partial charge in [0.05, 0.1) is 7.11 Å². The van der Waals surface area contributed by atoms with Gasteiger partial charge in [-0.3, -0.25) is 0 Å². The number of rotatable bonds is 5. The van der Waals surface area contributed by atoms with Crippen LogP contribution in [0.4, 0.5) is 0 Å². The van der Waals surface area contributed by atoms with E-state index < -0.39 is 0 Å². The Kier molecular flexibility index (Phi) is 4.64. The maximum Gasteiger partial charge on any atom is 0.139 e. The third kappa shape index (κ3) is 3.11. The van der Waals surface area contributed by atoms with E-state index in [0.29, 0.717) is 6.54 Å². The van der Waals surface area contributed by atoms with Crippen molar-refractivity contribution in [1.82, 2.24) is 0 Å². The maximum absolute atomic E-state index is 6.07. The first-order chi connectivity index (χ1) is 9.65. The van der Waals surface area contributed by atoms with E-state index in [4.69, 9.17) is 15.2 Å². The summed E-state index contributed by atoms with van der Waals surface area (Å²) in [6.07, 6.45) is -0.217. The lowest BCUT2D eigenvalue weighted by molar-refractivity contribution is 0.207. The lowest BCUT2D eigenvalue weighted by Gasteiger charge is -2.21. The average molecular weight is 271 g/mol. The molecule has 0 amide bonds. The number of aryl methyl sites for hydroxylation is 2. The first-order valence-electron chi connectivity index (χ1n) is 6.72. The fourth-order valence-corrected chi connectivity index (χ4v) is 2.19. The molecular weight excluding hydrogens is 250 g/mol. The van der Waals surface area contributed by atoms with Gasteiger partial charge in [0, 0.05) is 12.1 Å². The molecule has 0 aliphatic carbocycles. The number of nitrogens with two attached hydrogens (primary N) is 1. The predicted octanol–water partition coefficient (Wildman–Crippen LogP) is 3.39. The summed E-state index contributed by atoms with van der Waals surface area (Å²) in [5.41, 5.74) is 9.14. The zero-order valence-electron chi connectivity index (χ0n) is 12.2. The Morgan fingerprint density at radius 1 is 1.05 bits per heavy atom. The van der Waals surface area contributed by atoms with E-state index in [9.17, 15) is 0 Å². The monoisotopic (exact) mass is 271 g/mol. The first-order valence-corrected chi connectivity index (χ1v) is 6.72. The van der Waals surface area contributed by atoms with Crippen molar-refractivity contribution in [2.45, 2.75) is 20.0 Å². The quantitative estimate of drug-likeness (QED) is 0.906. The summed E-state index contributed by atoms with van der Waals surface area (Å²) in [6.45, 7) is 4.47. The molecule has 0 aliphatic heterocycles. The lowest BCUT2D eigenvalue weighted by atomic mass is 10.0. The van der Waals surface area contributed by atoms with Crippen LogP contribution < -0.4 is 15.2 Å². The second-order valence-electron chi connectivity index (χ2n) is 4.85. The number of hydrogen-bond acceptors (Lipinski definition) is 3. The van der Waals surface area contributed by atoms with Crippen molar-refractivity contribution in [3.63, 3.8) is 0 Å². The molecule has 3 nitrogen and oxygen atoms in total. The molecule has 0 saturated heterocycles. The van der Waals surface area contributed by atoms with Crippen LogP contribution in [0.15, 0.2) is 42.5 Å². The summed E-state index contributed by atoms with van der Waals surface area (Å²) < 4.78 is 11.5. The zero-order valence-corrected chi connectivity index (χ0v) is 12.2. The van der Waals surface area contributed by atoms with E-state index in [1.165, 1.54) is 0 Å². The van der Waals surface area contributed by atoms with Crippen molar-refractivity contribution in [2.24, 2.45) is 5.73 Å². The molecule has 0 saturated carbocycles. The Hall–Kier alpha value is -2.00. The molecule has 0 fully saturated rings. The van der Waals surface area contributed by atoms with Crippen LogP contribution in [0.25, 0.3) is 0 Å². The Labute approximate surface area is 120 Å². The number of ether oxygens (including phenoxy) is 2. The minimum Gasteiger partial charge on any atom is -0.496 e. The summed E-state index contributed by atoms with van der Waals surface area (Å²) in [5.74, 6) is 1.66. The Morgan fingerprint density at radius 2 is 1.80 bits per heavy atom. The highest BCUT2D eigenvalue weighted by Crippen LogP contribution is 2.30. The fraction of sp³-hybridized carbons (Fsp3) is 0.294. The average Bonchev–Trinajstić information content (AvgIpc) is 2.46. The van der Waals surface area contributed by atoms with Crippen LogP contribution >= 0.6 is 0 Å². The molecule has 0 aromatic heterocycles. The van der Waals surface area contributed by atoms with E-state index >= 15 is 0 Å². The molecule has 0 heterocycles. The standard InChI is InChI=1S/C17H21NO2/c1-12-8-9-16(19-3)14(10-12)17(11-18)20-15-7-5-4-6-13(15)2/h4-10,17H,11,18H2,1-3H3. The minimum atomic E-state index is -0.217. The highest BCUT2D eigenvalue weighted by molar-refractivity contribution is 5.40. The van der Waals surface area contributed by atoms with Crippen LogP contribution in [0.2, 0.25) is 0 Å². The van der Waals surface area contributed by atoms with Gasteiger partial charge in [0.1, 0.15) is 17.6 Å². The lowest BCUT2D eigenvalue weighted by Crippen LogP contribution is -2.19. The van der Waals surface area contributed by atoms with Crippen LogP contribution in [0, 0.1) is 13.8 Å². The van der Waals surface area contributed by atoms with Crippen molar-refractivity contribution in [2.75, 3.05) is 13.7 Å². The third-order valence-electron chi connectivity index (χ3n) is 3.31. The van der Waals surface area contributed by atoms with Gasteiger partial charge in [0.25, 0.3) is 0 Å². The second kappa shape index (κ2) is 6.44.